The molecule has 0 bridgehead atoms. The van der Waals surface area contributed by atoms with Crippen LogP contribution in [-0.4, -0.2) is 28.8 Å². The van der Waals surface area contributed by atoms with Crippen LogP contribution in [0.2, 0.25) is 0 Å². The van der Waals surface area contributed by atoms with E-state index in [0.717, 1.165) is 16.5 Å². The number of carbonyl (C=O) groups is 1. The number of fused-ring (bicyclic) bond motifs is 1. The maximum atomic E-state index is 12.9. The summed E-state index contributed by atoms with van der Waals surface area (Å²) >= 11 is 0. The monoisotopic (exact) mass is 411 g/mol. The van der Waals surface area contributed by atoms with Gasteiger partial charge in [-0.2, -0.15) is 5.10 Å². The van der Waals surface area contributed by atoms with E-state index in [-0.39, 0.29) is 11.7 Å². The number of amides is 1. The Labute approximate surface area is 179 Å². The Kier molecular flexibility index (Phi) is 5.89. The van der Waals surface area contributed by atoms with Gasteiger partial charge < -0.3 is 9.84 Å². The average Bonchev–Trinajstić information content (AvgIpc) is 2.80. The predicted molar refractivity (Wildman–Crippen MR) is 122 cm³/mol. The molecule has 0 aliphatic rings. The van der Waals surface area contributed by atoms with Crippen LogP contribution >= 0.6 is 0 Å². The zero-order chi connectivity index (χ0) is 21.6. The van der Waals surface area contributed by atoms with Gasteiger partial charge in [-0.05, 0) is 42.8 Å². The standard InChI is InChI=1S/C25H21N3O3/c1-2-31-24-13-12-17(14-23(24)29)16-26-28-25(30)20-15-22(18-8-4-3-5-9-18)27-21-11-7-6-10-19(20)21/h3-16,29H,2H2,1H3,(H,28,30)/b26-16+. The highest BCUT2D eigenvalue weighted by Crippen LogP contribution is 2.26. The summed E-state index contributed by atoms with van der Waals surface area (Å²) in [6.07, 6.45) is 1.47. The Morgan fingerprint density at radius 3 is 2.61 bits per heavy atom. The number of benzene rings is 3. The third-order valence-corrected chi connectivity index (χ3v) is 4.69. The average molecular weight is 411 g/mol. The lowest BCUT2D eigenvalue weighted by molar-refractivity contribution is 0.0956. The van der Waals surface area contributed by atoms with Crippen LogP contribution in [0.1, 0.15) is 22.8 Å². The quantitative estimate of drug-likeness (QED) is 0.354. The lowest BCUT2D eigenvalue weighted by Gasteiger charge is -2.09. The van der Waals surface area contributed by atoms with Crippen molar-refractivity contribution in [2.75, 3.05) is 6.61 Å². The second-order valence-electron chi connectivity index (χ2n) is 6.80. The van der Waals surface area contributed by atoms with Gasteiger partial charge in [0.25, 0.3) is 5.91 Å². The molecule has 6 heteroatoms. The highest BCUT2D eigenvalue weighted by molar-refractivity contribution is 6.07. The molecule has 0 atom stereocenters. The van der Waals surface area contributed by atoms with Gasteiger partial charge in [-0.25, -0.2) is 10.4 Å². The van der Waals surface area contributed by atoms with E-state index in [0.29, 0.717) is 29.2 Å². The summed E-state index contributed by atoms with van der Waals surface area (Å²) in [7, 11) is 0. The number of carbonyl (C=O) groups excluding carboxylic acids is 1. The molecule has 1 heterocycles. The number of ether oxygens (including phenoxy) is 1. The number of hydrazone groups is 1. The molecule has 0 fully saturated rings. The summed E-state index contributed by atoms with van der Waals surface area (Å²) in [5, 5.41) is 14.8. The van der Waals surface area contributed by atoms with Crippen LogP contribution in [0.3, 0.4) is 0 Å². The molecule has 0 aliphatic heterocycles. The first-order chi connectivity index (χ1) is 15.2. The molecule has 0 unspecified atom stereocenters. The second-order valence-corrected chi connectivity index (χ2v) is 6.80. The lowest BCUT2D eigenvalue weighted by atomic mass is 10.0. The molecule has 4 aromatic rings. The minimum absolute atomic E-state index is 0.0183. The van der Waals surface area contributed by atoms with Crippen molar-refractivity contribution < 1.29 is 14.6 Å². The van der Waals surface area contributed by atoms with Gasteiger partial charge in [0.1, 0.15) is 0 Å². The van der Waals surface area contributed by atoms with Gasteiger partial charge in [-0.15, -0.1) is 0 Å². The number of rotatable bonds is 6. The van der Waals surface area contributed by atoms with E-state index < -0.39 is 0 Å². The highest BCUT2D eigenvalue weighted by Gasteiger charge is 2.13. The predicted octanol–water partition coefficient (Wildman–Crippen LogP) is 4.77. The number of pyridine rings is 1. The summed E-state index contributed by atoms with van der Waals surface area (Å²) in [6, 6.07) is 23.9. The number of nitrogens with zero attached hydrogens (tertiary/aromatic N) is 2. The van der Waals surface area contributed by atoms with E-state index in [1.807, 2.05) is 61.5 Å². The molecule has 2 N–H and O–H groups in total. The third kappa shape index (κ3) is 4.53. The van der Waals surface area contributed by atoms with Crippen LogP contribution in [0.5, 0.6) is 11.5 Å². The lowest BCUT2D eigenvalue weighted by Crippen LogP contribution is -2.18. The molecule has 0 radical (unpaired) electrons. The van der Waals surface area contributed by atoms with E-state index in [9.17, 15) is 9.90 Å². The van der Waals surface area contributed by atoms with E-state index in [4.69, 9.17) is 9.72 Å². The molecule has 3 aromatic carbocycles. The maximum absolute atomic E-state index is 12.9. The van der Waals surface area contributed by atoms with Crippen molar-refractivity contribution in [2.24, 2.45) is 5.10 Å². The molecule has 0 aliphatic carbocycles. The van der Waals surface area contributed by atoms with Crippen LogP contribution in [0.25, 0.3) is 22.2 Å². The number of nitrogens with one attached hydrogen (secondary N) is 1. The first-order valence-electron chi connectivity index (χ1n) is 9.90. The molecule has 0 spiro atoms. The van der Waals surface area contributed by atoms with Crippen LogP contribution in [0.15, 0.2) is 84.0 Å². The minimum atomic E-state index is -0.345. The molecule has 0 saturated heterocycles. The number of phenolic OH excluding ortho intramolecular Hbond substituents is 1. The largest absolute Gasteiger partial charge is 0.504 e. The normalized spacial score (nSPS) is 11.0. The zero-order valence-corrected chi connectivity index (χ0v) is 16.9. The van der Waals surface area contributed by atoms with Gasteiger partial charge in [0.15, 0.2) is 11.5 Å². The zero-order valence-electron chi connectivity index (χ0n) is 16.9. The fourth-order valence-electron chi connectivity index (χ4n) is 3.24. The van der Waals surface area contributed by atoms with Crippen molar-refractivity contribution in [3.05, 3.63) is 90.0 Å². The van der Waals surface area contributed by atoms with Crippen molar-refractivity contribution in [3.8, 4) is 22.8 Å². The second kappa shape index (κ2) is 9.09. The number of phenols is 1. The molecule has 1 amide bonds. The smallest absolute Gasteiger partial charge is 0.272 e. The van der Waals surface area contributed by atoms with Gasteiger partial charge in [-0.1, -0.05) is 48.5 Å². The Balaban J connectivity index is 1.60. The Morgan fingerprint density at radius 1 is 1.06 bits per heavy atom. The number of hydrogen-bond donors (Lipinski definition) is 2. The Hall–Kier alpha value is -4.19. The summed E-state index contributed by atoms with van der Waals surface area (Å²) in [5.74, 6) is 0.0762. The molecular weight excluding hydrogens is 390 g/mol. The van der Waals surface area contributed by atoms with Gasteiger partial charge in [-0.3, -0.25) is 4.79 Å². The van der Waals surface area contributed by atoms with Crippen molar-refractivity contribution in [2.45, 2.75) is 6.92 Å². The fourth-order valence-corrected chi connectivity index (χ4v) is 3.24. The first-order valence-corrected chi connectivity index (χ1v) is 9.90. The Bertz CT molecular complexity index is 1250. The summed E-state index contributed by atoms with van der Waals surface area (Å²) in [5.41, 5.74) is 6.05. The van der Waals surface area contributed by atoms with Crippen molar-refractivity contribution in [1.29, 1.82) is 0 Å². The van der Waals surface area contributed by atoms with Gasteiger partial charge in [0.05, 0.1) is 29.6 Å². The van der Waals surface area contributed by atoms with Crippen LogP contribution < -0.4 is 10.2 Å². The van der Waals surface area contributed by atoms with Crippen LogP contribution in [0.4, 0.5) is 0 Å². The molecule has 154 valence electrons. The molecule has 6 nitrogen and oxygen atoms in total. The minimum Gasteiger partial charge on any atom is -0.504 e. The van der Waals surface area contributed by atoms with Crippen molar-refractivity contribution >= 4 is 23.0 Å². The fraction of sp³-hybridized carbons (Fsp3) is 0.0800. The highest BCUT2D eigenvalue weighted by atomic mass is 16.5. The SMILES string of the molecule is CCOc1ccc(/C=N/NC(=O)c2cc(-c3ccccc3)nc3ccccc23)cc1O. The summed E-state index contributed by atoms with van der Waals surface area (Å²) < 4.78 is 5.31. The Morgan fingerprint density at radius 2 is 1.84 bits per heavy atom. The topological polar surface area (TPSA) is 83.8 Å². The number of aromatic nitrogens is 1. The summed E-state index contributed by atoms with van der Waals surface area (Å²) in [4.78, 5) is 17.6. The van der Waals surface area contributed by atoms with E-state index in [1.54, 1.807) is 18.2 Å². The molecule has 4 rings (SSSR count). The van der Waals surface area contributed by atoms with Crippen molar-refractivity contribution in [1.82, 2.24) is 10.4 Å². The molecule has 1 aromatic heterocycles. The maximum Gasteiger partial charge on any atom is 0.272 e. The van der Waals surface area contributed by atoms with E-state index in [2.05, 4.69) is 10.5 Å². The first kappa shape index (κ1) is 20.1. The number of aromatic hydroxyl groups is 1. The number of hydrogen-bond acceptors (Lipinski definition) is 5. The van der Waals surface area contributed by atoms with Crippen LogP contribution in [0, 0.1) is 0 Å². The van der Waals surface area contributed by atoms with Crippen LogP contribution in [-0.2, 0) is 0 Å². The number of para-hydroxylation sites is 1. The van der Waals surface area contributed by atoms with Crippen molar-refractivity contribution in [3.63, 3.8) is 0 Å². The molecule has 31 heavy (non-hydrogen) atoms. The molecular formula is C25H21N3O3. The van der Waals surface area contributed by atoms with E-state index in [1.165, 1.54) is 12.3 Å². The third-order valence-electron chi connectivity index (χ3n) is 4.69. The molecule has 0 saturated carbocycles. The van der Waals surface area contributed by atoms with Gasteiger partial charge >= 0.3 is 0 Å². The van der Waals surface area contributed by atoms with E-state index >= 15 is 0 Å². The van der Waals surface area contributed by atoms with Gasteiger partial charge in [0, 0.05) is 10.9 Å². The van der Waals surface area contributed by atoms with Gasteiger partial charge in [0.2, 0.25) is 0 Å². The summed E-state index contributed by atoms with van der Waals surface area (Å²) in [6.45, 7) is 2.30.